The molecule has 0 fully saturated rings. The van der Waals surface area contributed by atoms with Crippen LogP contribution in [0.25, 0.3) is 0 Å². The molecule has 0 amide bonds. The van der Waals surface area contributed by atoms with E-state index in [0.717, 1.165) is 11.8 Å². The highest BCUT2D eigenvalue weighted by molar-refractivity contribution is 5.93. The van der Waals surface area contributed by atoms with Crippen molar-refractivity contribution in [1.29, 1.82) is 0 Å². The summed E-state index contributed by atoms with van der Waals surface area (Å²) in [5.74, 6) is -1.30. The minimum absolute atomic E-state index is 0.340. The first-order valence-corrected chi connectivity index (χ1v) is 6.43. The van der Waals surface area contributed by atoms with Gasteiger partial charge in [0.1, 0.15) is 11.7 Å². The van der Waals surface area contributed by atoms with Gasteiger partial charge in [-0.15, -0.1) is 0 Å². The topological polar surface area (TPSA) is 12.4 Å². The van der Waals surface area contributed by atoms with Gasteiger partial charge >= 0.3 is 0 Å². The average molecular weight is 261 g/mol. The number of allylic oxidation sites excluding steroid dienone is 4. The summed E-state index contributed by atoms with van der Waals surface area (Å²) >= 11 is 0. The highest BCUT2D eigenvalue weighted by Gasteiger charge is 2.25. The first kappa shape index (κ1) is 13.7. The Bertz CT molecular complexity index is 527. The molecule has 19 heavy (non-hydrogen) atoms. The zero-order chi connectivity index (χ0) is 13.8. The Morgan fingerprint density at radius 3 is 2.42 bits per heavy atom. The van der Waals surface area contributed by atoms with Crippen molar-refractivity contribution in [2.75, 3.05) is 0 Å². The van der Waals surface area contributed by atoms with E-state index in [9.17, 15) is 8.78 Å². The third-order valence-electron chi connectivity index (χ3n) is 2.90. The van der Waals surface area contributed by atoms with Gasteiger partial charge in [0.25, 0.3) is 0 Å². The standard InChI is InChI=1S/C16H17F2N/c1-11(2)8-16(14-9-12(17)10-15(14)18)19-13-6-4-3-5-7-13/h3-7,9-11,14H,8H2,1-2H3. The summed E-state index contributed by atoms with van der Waals surface area (Å²) in [7, 11) is 0. The van der Waals surface area contributed by atoms with E-state index in [0.29, 0.717) is 18.1 Å². The van der Waals surface area contributed by atoms with E-state index >= 15 is 0 Å². The summed E-state index contributed by atoms with van der Waals surface area (Å²) in [6, 6.07) is 9.37. The summed E-state index contributed by atoms with van der Waals surface area (Å²) in [5.41, 5.74) is 1.44. The predicted octanol–water partition coefficient (Wildman–Crippen LogP) is 5.14. The lowest BCUT2D eigenvalue weighted by molar-refractivity contribution is 0.579. The lowest BCUT2D eigenvalue weighted by Crippen LogP contribution is -2.14. The molecule has 1 aliphatic carbocycles. The van der Waals surface area contributed by atoms with E-state index in [2.05, 4.69) is 4.99 Å². The van der Waals surface area contributed by atoms with Gasteiger partial charge < -0.3 is 0 Å². The third-order valence-corrected chi connectivity index (χ3v) is 2.90. The van der Waals surface area contributed by atoms with Crippen molar-refractivity contribution >= 4 is 11.4 Å². The van der Waals surface area contributed by atoms with E-state index in [1.165, 1.54) is 6.08 Å². The molecule has 1 aliphatic rings. The Balaban J connectivity index is 2.32. The van der Waals surface area contributed by atoms with Gasteiger partial charge in [-0.3, -0.25) is 4.99 Å². The van der Waals surface area contributed by atoms with Crippen LogP contribution in [0.2, 0.25) is 0 Å². The van der Waals surface area contributed by atoms with Crippen LogP contribution in [0, 0.1) is 11.8 Å². The highest BCUT2D eigenvalue weighted by atomic mass is 19.1. The Morgan fingerprint density at radius 2 is 1.89 bits per heavy atom. The van der Waals surface area contributed by atoms with Crippen LogP contribution in [0.5, 0.6) is 0 Å². The number of nitrogens with zero attached hydrogens (tertiary/aromatic N) is 1. The molecule has 0 aliphatic heterocycles. The molecular weight excluding hydrogens is 244 g/mol. The Kier molecular flexibility index (Phi) is 4.25. The van der Waals surface area contributed by atoms with E-state index < -0.39 is 17.6 Å². The second-order valence-electron chi connectivity index (χ2n) is 5.10. The minimum Gasteiger partial charge on any atom is -0.257 e. The minimum atomic E-state index is -0.650. The molecule has 1 unspecified atom stereocenters. The van der Waals surface area contributed by atoms with Crippen LogP contribution in [0.4, 0.5) is 14.5 Å². The van der Waals surface area contributed by atoms with Crippen LogP contribution in [0.15, 0.2) is 59.1 Å². The molecule has 0 saturated carbocycles. The smallest absolute Gasteiger partial charge is 0.122 e. The molecule has 1 nitrogen and oxygen atoms in total. The number of hydrogen-bond donors (Lipinski definition) is 0. The Labute approximate surface area is 112 Å². The quantitative estimate of drug-likeness (QED) is 0.665. The van der Waals surface area contributed by atoms with Crippen molar-refractivity contribution in [3.8, 4) is 0 Å². The van der Waals surface area contributed by atoms with Crippen molar-refractivity contribution in [2.24, 2.45) is 16.8 Å². The number of hydrogen-bond acceptors (Lipinski definition) is 1. The zero-order valence-corrected chi connectivity index (χ0v) is 11.1. The van der Waals surface area contributed by atoms with Gasteiger partial charge in [0, 0.05) is 11.8 Å². The van der Waals surface area contributed by atoms with Crippen molar-refractivity contribution in [3.63, 3.8) is 0 Å². The fourth-order valence-corrected chi connectivity index (χ4v) is 2.09. The molecule has 0 radical (unpaired) electrons. The van der Waals surface area contributed by atoms with Gasteiger partial charge in [0.2, 0.25) is 0 Å². The lowest BCUT2D eigenvalue weighted by atomic mass is 9.95. The van der Waals surface area contributed by atoms with Crippen LogP contribution in [0.3, 0.4) is 0 Å². The van der Waals surface area contributed by atoms with Gasteiger partial charge in [0.15, 0.2) is 0 Å². The lowest BCUT2D eigenvalue weighted by Gasteiger charge is -2.14. The molecule has 0 spiro atoms. The molecule has 2 rings (SSSR count). The third kappa shape index (κ3) is 3.60. The van der Waals surface area contributed by atoms with Gasteiger partial charge in [-0.25, -0.2) is 8.78 Å². The Hall–Kier alpha value is -1.77. The van der Waals surface area contributed by atoms with Crippen molar-refractivity contribution in [3.05, 3.63) is 54.1 Å². The van der Waals surface area contributed by atoms with E-state index in [1.54, 1.807) is 0 Å². The van der Waals surface area contributed by atoms with Crippen LogP contribution in [-0.4, -0.2) is 5.71 Å². The molecule has 100 valence electrons. The summed E-state index contributed by atoms with van der Waals surface area (Å²) in [4.78, 5) is 4.49. The zero-order valence-electron chi connectivity index (χ0n) is 11.1. The van der Waals surface area contributed by atoms with E-state index in [1.807, 2.05) is 44.2 Å². The predicted molar refractivity (Wildman–Crippen MR) is 74.9 cm³/mol. The molecule has 0 heterocycles. The van der Waals surface area contributed by atoms with E-state index in [-0.39, 0.29) is 0 Å². The van der Waals surface area contributed by atoms with Gasteiger partial charge in [-0.1, -0.05) is 32.0 Å². The van der Waals surface area contributed by atoms with Crippen molar-refractivity contribution < 1.29 is 8.78 Å². The molecule has 0 bridgehead atoms. The fourth-order valence-electron chi connectivity index (χ4n) is 2.09. The van der Waals surface area contributed by atoms with Crippen molar-refractivity contribution in [1.82, 2.24) is 0 Å². The summed E-state index contributed by atoms with van der Waals surface area (Å²) in [6.07, 6.45) is 2.87. The monoisotopic (exact) mass is 261 g/mol. The average Bonchev–Trinajstić information content (AvgIpc) is 2.68. The number of halogens is 2. The second kappa shape index (κ2) is 5.91. The number of aliphatic imine (C=N–C) groups is 1. The number of benzene rings is 1. The summed E-state index contributed by atoms with van der Waals surface area (Å²) in [5, 5.41) is 0. The van der Waals surface area contributed by atoms with Crippen LogP contribution in [-0.2, 0) is 0 Å². The molecule has 0 N–H and O–H groups in total. The number of para-hydroxylation sites is 1. The van der Waals surface area contributed by atoms with Gasteiger partial charge in [0.05, 0.1) is 11.6 Å². The largest absolute Gasteiger partial charge is 0.257 e. The number of rotatable bonds is 4. The van der Waals surface area contributed by atoms with Crippen LogP contribution in [0.1, 0.15) is 20.3 Å². The fraction of sp³-hybridized carbons (Fsp3) is 0.312. The summed E-state index contributed by atoms with van der Waals surface area (Å²) in [6.45, 7) is 4.08. The maximum atomic E-state index is 13.7. The van der Waals surface area contributed by atoms with Gasteiger partial charge in [-0.2, -0.15) is 0 Å². The Morgan fingerprint density at radius 1 is 1.21 bits per heavy atom. The molecule has 1 aromatic rings. The normalized spacial score (nSPS) is 19.6. The maximum absolute atomic E-state index is 13.7. The molecule has 0 aromatic heterocycles. The highest BCUT2D eigenvalue weighted by Crippen LogP contribution is 2.30. The van der Waals surface area contributed by atoms with Crippen LogP contribution >= 0.6 is 0 Å². The molecule has 1 atom stereocenters. The maximum Gasteiger partial charge on any atom is 0.122 e. The second-order valence-corrected chi connectivity index (χ2v) is 5.10. The van der Waals surface area contributed by atoms with E-state index in [4.69, 9.17) is 0 Å². The van der Waals surface area contributed by atoms with Crippen molar-refractivity contribution in [2.45, 2.75) is 20.3 Å². The van der Waals surface area contributed by atoms with Crippen LogP contribution < -0.4 is 0 Å². The molecule has 3 heteroatoms. The molecule has 1 aromatic carbocycles. The summed E-state index contributed by atoms with van der Waals surface area (Å²) < 4.78 is 26.9. The molecular formula is C16H17F2N. The SMILES string of the molecule is CC(C)CC(=Nc1ccccc1)C1C=C(F)C=C1F. The van der Waals surface area contributed by atoms with Gasteiger partial charge in [-0.05, 0) is 30.5 Å². The molecule has 0 saturated heterocycles. The first-order valence-electron chi connectivity index (χ1n) is 6.43. The first-order chi connectivity index (χ1) is 9.06.